The summed E-state index contributed by atoms with van der Waals surface area (Å²) in [5.41, 5.74) is 0. The number of Topliss-reactive ketones (excluding diaryl/α,β-unsaturated/α-hetero) is 1. The van der Waals surface area contributed by atoms with Gasteiger partial charge in [0, 0.05) is 25.2 Å². The predicted molar refractivity (Wildman–Crippen MR) is 226 cm³/mol. The number of allylic oxidation sites excluding steroid dienone is 11. The molecule has 324 valence electrons. The number of ether oxygens (including phenoxy) is 2. The molecule has 0 amide bonds. The molecule has 0 bridgehead atoms. The van der Waals surface area contributed by atoms with Crippen molar-refractivity contribution < 1.29 is 52.9 Å². The Labute approximate surface area is 342 Å². The largest absolute Gasteiger partial charge is 0.469 e. The molecule has 0 aliphatic heterocycles. The highest BCUT2D eigenvalue weighted by Gasteiger charge is 2.39. The molecule has 0 unspecified atom stereocenters. The van der Waals surface area contributed by atoms with E-state index in [1.54, 1.807) is 12.2 Å². The maximum Gasteiger partial charge on any atom is 0.469 e. The molecule has 0 radical (unpaired) electrons. The van der Waals surface area contributed by atoms with E-state index in [0.29, 0.717) is 32.1 Å². The van der Waals surface area contributed by atoms with Crippen LogP contribution in [0.15, 0.2) is 72.9 Å². The van der Waals surface area contributed by atoms with Crippen LogP contribution in [0.3, 0.4) is 0 Å². The van der Waals surface area contributed by atoms with Gasteiger partial charge in [0.25, 0.3) is 0 Å². The first kappa shape index (κ1) is 52.1. The highest BCUT2D eigenvalue weighted by Crippen LogP contribution is 2.36. The highest BCUT2D eigenvalue weighted by molar-refractivity contribution is 7.46. The maximum atomic E-state index is 12.5. The number of aliphatic hydroxyl groups excluding tert-OH is 2. The normalized spacial score (nSPS) is 19.1. The summed E-state index contributed by atoms with van der Waals surface area (Å²) in [5.74, 6) is -1.70. The fourth-order valence-electron chi connectivity index (χ4n) is 6.42. The van der Waals surface area contributed by atoms with Crippen LogP contribution in [0.4, 0.5) is 0 Å². The van der Waals surface area contributed by atoms with Gasteiger partial charge < -0.3 is 29.5 Å². The van der Waals surface area contributed by atoms with Gasteiger partial charge in [0.05, 0.1) is 18.8 Å². The molecule has 0 aromatic carbocycles. The molecule has 0 aromatic rings. The van der Waals surface area contributed by atoms with E-state index in [-0.39, 0.29) is 37.6 Å². The fourth-order valence-corrected chi connectivity index (χ4v) is 6.78. The zero-order chi connectivity index (χ0) is 42.0. The van der Waals surface area contributed by atoms with E-state index in [1.807, 2.05) is 0 Å². The van der Waals surface area contributed by atoms with Crippen molar-refractivity contribution in [1.82, 2.24) is 0 Å². The lowest BCUT2D eigenvalue weighted by molar-refractivity contribution is -0.161. The average Bonchev–Trinajstić information content (AvgIpc) is 3.44. The Hall–Kier alpha value is -2.92. The minimum absolute atomic E-state index is 0.0109. The minimum atomic E-state index is -4.83. The van der Waals surface area contributed by atoms with Crippen molar-refractivity contribution >= 4 is 25.5 Å². The van der Waals surface area contributed by atoms with E-state index in [9.17, 15) is 29.2 Å². The molecule has 1 aliphatic rings. The van der Waals surface area contributed by atoms with Gasteiger partial charge in [-0.1, -0.05) is 132 Å². The van der Waals surface area contributed by atoms with Crippen molar-refractivity contribution in [3.05, 3.63) is 72.9 Å². The van der Waals surface area contributed by atoms with Crippen molar-refractivity contribution in [3.63, 3.8) is 0 Å². The van der Waals surface area contributed by atoms with E-state index in [4.69, 9.17) is 19.3 Å². The second-order valence-electron chi connectivity index (χ2n) is 14.7. The summed E-state index contributed by atoms with van der Waals surface area (Å²) >= 11 is 0. The molecule has 57 heavy (non-hydrogen) atoms. The Morgan fingerprint density at radius 2 is 1.33 bits per heavy atom. The van der Waals surface area contributed by atoms with Crippen LogP contribution in [0.5, 0.6) is 0 Å². The molecule has 0 saturated heterocycles. The third-order valence-electron chi connectivity index (χ3n) is 9.62. The van der Waals surface area contributed by atoms with Gasteiger partial charge in [-0.15, -0.1) is 0 Å². The van der Waals surface area contributed by atoms with Gasteiger partial charge in [0.15, 0.2) is 6.10 Å². The van der Waals surface area contributed by atoms with Crippen LogP contribution in [0.2, 0.25) is 0 Å². The Morgan fingerprint density at radius 3 is 1.95 bits per heavy atom. The highest BCUT2D eigenvalue weighted by atomic mass is 31.2. The van der Waals surface area contributed by atoms with Crippen LogP contribution < -0.4 is 0 Å². The first-order chi connectivity index (χ1) is 27.5. The maximum absolute atomic E-state index is 12.5. The molecule has 1 aliphatic carbocycles. The second-order valence-corrected chi connectivity index (χ2v) is 16.0. The number of aliphatic hydroxyl groups is 2. The Morgan fingerprint density at radius 1 is 0.754 bits per heavy atom. The number of carbonyl (C=O) groups is 3. The van der Waals surface area contributed by atoms with Crippen LogP contribution >= 0.6 is 7.82 Å². The number of hydrogen-bond donors (Lipinski definition) is 4. The number of phosphoric ester groups is 1. The van der Waals surface area contributed by atoms with Gasteiger partial charge in [-0.25, -0.2) is 4.57 Å². The summed E-state index contributed by atoms with van der Waals surface area (Å²) in [7, 11) is -4.83. The minimum Gasteiger partial charge on any atom is -0.462 e. The molecule has 0 aromatic heterocycles. The molecule has 5 atom stereocenters. The molecule has 12 heteroatoms. The van der Waals surface area contributed by atoms with Crippen LogP contribution in [0.25, 0.3) is 0 Å². The van der Waals surface area contributed by atoms with Crippen LogP contribution in [-0.4, -0.2) is 69.2 Å². The molecular formula is C45H73O11P. The van der Waals surface area contributed by atoms with Gasteiger partial charge in [0.1, 0.15) is 12.4 Å². The first-order valence-electron chi connectivity index (χ1n) is 21.3. The molecule has 4 N–H and O–H groups in total. The predicted octanol–water partition coefficient (Wildman–Crippen LogP) is 9.66. The number of hydrogen-bond acceptors (Lipinski definition) is 9. The van der Waals surface area contributed by atoms with E-state index in [2.05, 4.69) is 79.1 Å². The molecule has 0 heterocycles. The van der Waals surface area contributed by atoms with Crippen LogP contribution in [0, 0.1) is 11.8 Å². The number of unbranched alkanes of at least 4 members (excludes halogenated alkanes) is 8. The van der Waals surface area contributed by atoms with E-state index < -0.39 is 50.6 Å². The first-order valence-corrected chi connectivity index (χ1v) is 22.9. The fraction of sp³-hybridized carbons (Fsp3) is 0.667. The Balaban J connectivity index is 2.28. The number of carbonyl (C=O) groups excluding carboxylic acids is 3. The summed E-state index contributed by atoms with van der Waals surface area (Å²) in [4.78, 5) is 55.6. The third-order valence-corrected chi connectivity index (χ3v) is 10.1. The monoisotopic (exact) mass is 820 g/mol. The standard InChI is InChI=1S/C45H73O11P/c1-3-5-7-8-9-10-11-12-13-14-15-16-17-18-19-20-21-22-27-31-44(49)54-36-39(37-55-57(51,52)53)56-45(50)32-28-24-23-26-30-40-41(43(48)35-42(40)47)34-33-38(46)29-25-6-4-2/h5,7,9-10,12-13,15-16,18-19,33-34,38-42,46-47H,3-4,6,8,11,14,17,20-32,35-37H2,1-2H3,(H2,51,52,53)/b7-5-,10-9-,13-12-,16-15-,19-18-,34-33+/t38-,39+,40+,41+,42-/m0/s1. The topological polar surface area (TPSA) is 177 Å². The Bertz CT molecular complexity index is 1310. The second kappa shape index (κ2) is 34.0. The van der Waals surface area contributed by atoms with Gasteiger partial charge in [0.2, 0.25) is 0 Å². The van der Waals surface area contributed by atoms with Gasteiger partial charge >= 0.3 is 19.8 Å². The molecule has 1 fully saturated rings. The summed E-state index contributed by atoms with van der Waals surface area (Å²) in [5, 5.41) is 20.7. The molecule has 1 rings (SSSR count). The lowest BCUT2D eigenvalue weighted by atomic mass is 9.88. The summed E-state index contributed by atoms with van der Waals surface area (Å²) in [6, 6.07) is 0. The third kappa shape index (κ3) is 29.9. The molecule has 0 spiro atoms. The van der Waals surface area contributed by atoms with Crippen molar-refractivity contribution in [1.29, 1.82) is 0 Å². The summed E-state index contributed by atoms with van der Waals surface area (Å²) < 4.78 is 26.4. The lowest BCUT2D eigenvalue weighted by Gasteiger charge is -2.19. The van der Waals surface area contributed by atoms with Crippen LogP contribution in [-0.2, 0) is 32.9 Å². The SMILES string of the molecule is CC/C=C\C/C=C\C/C=C\C/C=C\C/C=C\CCCCCC(=O)OC[C@H](COP(=O)(O)O)OC(=O)CCCCCC[C@H]1[C@@H](O)CC(=O)[C@@H]1/C=C/[C@@H](O)CCCCC. The van der Waals surface area contributed by atoms with Crippen molar-refractivity contribution in [2.75, 3.05) is 13.2 Å². The van der Waals surface area contributed by atoms with Gasteiger partial charge in [-0.05, 0) is 76.5 Å². The lowest BCUT2D eigenvalue weighted by Crippen LogP contribution is -2.29. The number of ketones is 1. The quantitative estimate of drug-likeness (QED) is 0.0210. The number of esters is 2. The zero-order valence-corrected chi connectivity index (χ0v) is 35.6. The molecule has 11 nitrogen and oxygen atoms in total. The van der Waals surface area contributed by atoms with Gasteiger partial charge in [-0.3, -0.25) is 18.9 Å². The molecule has 1 saturated carbocycles. The van der Waals surface area contributed by atoms with Crippen LogP contribution in [0.1, 0.15) is 149 Å². The van der Waals surface area contributed by atoms with Crippen molar-refractivity contribution in [3.8, 4) is 0 Å². The molecular weight excluding hydrogens is 747 g/mol. The average molecular weight is 821 g/mol. The zero-order valence-electron chi connectivity index (χ0n) is 34.7. The smallest absolute Gasteiger partial charge is 0.462 e. The summed E-state index contributed by atoms with van der Waals surface area (Å²) in [6.45, 7) is 3.23. The van der Waals surface area contributed by atoms with E-state index >= 15 is 0 Å². The van der Waals surface area contributed by atoms with Crippen molar-refractivity contribution in [2.24, 2.45) is 11.8 Å². The van der Waals surface area contributed by atoms with E-state index in [1.165, 1.54) is 0 Å². The van der Waals surface area contributed by atoms with Crippen molar-refractivity contribution in [2.45, 2.75) is 167 Å². The number of phosphoric acid groups is 1. The van der Waals surface area contributed by atoms with E-state index in [0.717, 1.165) is 83.5 Å². The Kier molecular flexibility index (Phi) is 31.1. The summed E-state index contributed by atoms with van der Waals surface area (Å²) in [6.07, 6.45) is 38.1. The van der Waals surface area contributed by atoms with Gasteiger partial charge in [-0.2, -0.15) is 0 Å². The number of rotatable bonds is 34.